The fourth-order valence-electron chi connectivity index (χ4n) is 2.47. The van der Waals surface area contributed by atoms with Crippen LogP contribution in [0, 0.1) is 7.14 Å². The minimum Gasteiger partial charge on any atom is -0.506 e. The lowest BCUT2D eigenvalue weighted by atomic mass is 10.0. The summed E-state index contributed by atoms with van der Waals surface area (Å²) < 4.78 is 14.8. The molecule has 0 aromatic heterocycles. The number of phenols is 1. The number of hydrogen-bond donors (Lipinski definition) is 2. The van der Waals surface area contributed by atoms with E-state index in [4.69, 9.17) is 0 Å². The Labute approximate surface area is 140 Å². The summed E-state index contributed by atoms with van der Waals surface area (Å²) in [7, 11) is 0. The number of halogens is 3. The first-order valence-electron chi connectivity index (χ1n) is 6.32. The minimum absolute atomic E-state index is 0.0321. The third-order valence-corrected chi connectivity index (χ3v) is 4.84. The number of phenolic OH excluding ortho intramolecular Hbond substituents is 1. The summed E-state index contributed by atoms with van der Waals surface area (Å²) in [5.74, 6) is 0.304. The second-order valence-corrected chi connectivity index (χ2v) is 7.01. The summed E-state index contributed by atoms with van der Waals surface area (Å²) in [6.45, 7) is 3.27. The van der Waals surface area contributed by atoms with Gasteiger partial charge in [-0.3, -0.25) is 9.29 Å². The highest BCUT2D eigenvalue weighted by atomic mass is 127. The molecule has 19 heavy (non-hydrogen) atoms. The molecule has 1 fully saturated rings. The lowest BCUT2D eigenvalue weighted by molar-refractivity contribution is 0.155. The van der Waals surface area contributed by atoms with Gasteiger partial charge in [0.05, 0.1) is 10.2 Å². The summed E-state index contributed by atoms with van der Waals surface area (Å²) in [6, 6.07) is 3.88. The first-order chi connectivity index (χ1) is 9.13. The Morgan fingerprint density at radius 2 is 2.00 bits per heavy atom. The molecule has 0 radical (unpaired) electrons. The van der Waals surface area contributed by atoms with E-state index < -0.39 is 0 Å². The molecule has 1 aliphatic heterocycles. The number of piperazine rings is 1. The van der Waals surface area contributed by atoms with Gasteiger partial charge < -0.3 is 10.4 Å². The molecule has 1 heterocycles. The number of alkyl halides is 1. The summed E-state index contributed by atoms with van der Waals surface area (Å²) in [5, 5.41) is 13.6. The molecule has 106 valence electrons. The molecule has 3 nitrogen and oxygen atoms in total. The molecule has 0 amide bonds. The molecular weight excluding hydrogens is 473 g/mol. The second kappa shape index (κ2) is 7.37. The summed E-state index contributed by atoms with van der Waals surface area (Å²) >= 11 is 4.37. The second-order valence-electron chi connectivity index (χ2n) is 4.60. The Morgan fingerprint density at radius 1 is 1.32 bits per heavy atom. The predicted octanol–water partition coefficient (Wildman–Crippen LogP) is 2.91. The van der Waals surface area contributed by atoms with Crippen LogP contribution in [0.1, 0.15) is 18.0 Å². The number of rotatable bonds is 4. The topological polar surface area (TPSA) is 35.5 Å². The van der Waals surface area contributed by atoms with Gasteiger partial charge in [-0.1, -0.05) is 0 Å². The number of benzene rings is 1. The van der Waals surface area contributed by atoms with Crippen LogP contribution >= 0.6 is 45.2 Å². The maximum Gasteiger partial charge on any atom is 0.133 e. The molecular formula is C13H17FI2N2O. The van der Waals surface area contributed by atoms with Crippen molar-refractivity contribution in [3.63, 3.8) is 0 Å². The van der Waals surface area contributed by atoms with E-state index in [2.05, 4.69) is 55.4 Å². The van der Waals surface area contributed by atoms with Crippen LogP contribution in [0.2, 0.25) is 0 Å². The highest BCUT2D eigenvalue weighted by Crippen LogP contribution is 2.36. The van der Waals surface area contributed by atoms with Gasteiger partial charge in [0.2, 0.25) is 0 Å². The Kier molecular flexibility index (Phi) is 6.10. The monoisotopic (exact) mass is 490 g/mol. The van der Waals surface area contributed by atoms with Gasteiger partial charge in [0.15, 0.2) is 0 Å². The zero-order valence-electron chi connectivity index (χ0n) is 10.5. The smallest absolute Gasteiger partial charge is 0.133 e. The normalized spacial score (nSPS) is 18.5. The molecule has 0 aliphatic carbocycles. The van der Waals surface area contributed by atoms with Gasteiger partial charge >= 0.3 is 0 Å². The Bertz CT molecular complexity index is 439. The van der Waals surface area contributed by atoms with Crippen LogP contribution < -0.4 is 5.32 Å². The molecule has 1 aromatic rings. The van der Waals surface area contributed by atoms with Crippen LogP contribution in [0.15, 0.2) is 12.1 Å². The van der Waals surface area contributed by atoms with Crippen LogP contribution in [0.5, 0.6) is 5.75 Å². The van der Waals surface area contributed by atoms with Crippen molar-refractivity contribution in [1.29, 1.82) is 0 Å². The quantitative estimate of drug-likeness (QED) is 0.638. The van der Waals surface area contributed by atoms with Gasteiger partial charge in [0.1, 0.15) is 5.75 Å². The van der Waals surface area contributed by atoms with Crippen molar-refractivity contribution in [1.82, 2.24) is 10.2 Å². The molecule has 1 saturated heterocycles. The lowest BCUT2D eigenvalue weighted by Gasteiger charge is -2.35. The lowest BCUT2D eigenvalue weighted by Crippen LogP contribution is -2.45. The number of nitrogens with one attached hydrogen (secondary N) is 1. The number of hydrogen-bond acceptors (Lipinski definition) is 3. The van der Waals surface area contributed by atoms with Gasteiger partial charge in [0.25, 0.3) is 0 Å². The molecule has 0 unspecified atom stereocenters. The van der Waals surface area contributed by atoms with E-state index in [-0.39, 0.29) is 12.7 Å². The van der Waals surface area contributed by atoms with Crippen LogP contribution in [0.25, 0.3) is 0 Å². The number of nitrogens with zero attached hydrogens (tertiary/aromatic N) is 1. The zero-order valence-corrected chi connectivity index (χ0v) is 14.8. The van der Waals surface area contributed by atoms with Crippen molar-refractivity contribution in [3.05, 3.63) is 24.8 Å². The summed E-state index contributed by atoms with van der Waals surface area (Å²) in [4.78, 5) is 2.26. The van der Waals surface area contributed by atoms with E-state index in [0.717, 1.165) is 38.9 Å². The summed E-state index contributed by atoms with van der Waals surface area (Å²) in [5.41, 5.74) is 0.857. The molecule has 0 spiro atoms. The molecule has 0 saturated carbocycles. The Morgan fingerprint density at radius 3 is 2.63 bits per heavy atom. The van der Waals surface area contributed by atoms with E-state index in [1.54, 1.807) is 0 Å². The maximum absolute atomic E-state index is 12.9. The van der Waals surface area contributed by atoms with E-state index in [9.17, 15) is 9.50 Å². The van der Waals surface area contributed by atoms with Gasteiger partial charge in [-0.25, -0.2) is 0 Å². The van der Waals surface area contributed by atoms with Crippen LogP contribution in [-0.2, 0) is 0 Å². The van der Waals surface area contributed by atoms with Crippen LogP contribution in [0.3, 0.4) is 0 Å². The van der Waals surface area contributed by atoms with Gasteiger partial charge in [0, 0.05) is 41.4 Å². The minimum atomic E-state index is -0.365. The van der Waals surface area contributed by atoms with Crippen LogP contribution in [0.4, 0.5) is 4.39 Å². The zero-order chi connectivity index (χ0) is 13.8. The highest BCUT2D eigenvalue weighted by molar-refractivity contribution is 14.1. The van der Waals surface area contributed by atoms with Gasteiger partial charge in [-0.05, 0) is 63.7 Å². The van der Waals surface area contributed by atoms with Crippen molar-refractivity contribution in [3.8, 4) is 5.75 Å². The molecule has 1 aliphatic rings. The predicted molar refractivity (Wildman–Crippen MR) is 91.3 cm³/mol. The van der Waals surface area contributed by atoms with Gasteiger partial charge in [-0.2, -0.15) is 0 Å². The Hall–Kier alpha value is 0.330. The highest BCUT2D eigenvalue weighted by Gasteiger charge is 2.25. The third-order valence-electron chi connectivity index (χ3n) is 3.39. The van der Waals surface area contributed by atoms with Crippen LogP contribution in [-0.4, -0.2) is 42.9 Å². The Balaban J connectivity index is 2.32. The van der Waals surface area contributed by atoms with Crippen molar-refractivity contribution in [2.75, 3.05) is 32.9 Å². The van der Waals surface area contributed by atoms with E-state index in [1.807, 2.05) is 12.1 Å². The van der Waals surface area contributed by atoms with Crippen molar-refractivity contribution >= 4 is 45.2 Å². The summed E-state index contributed by atoms with van der Waals surface area (Å²) in [6.07, 6.45) is 0.434. The maximum atomic E-state index is 12.9. The third kappa shape index (κ3) is 3.92. The van der Waals surface area contributed by atoms with Crippen molar-refractivity contribution in [2.24, 2.45) is 0 Å². The fraction of sp³-hybridized carbons (Fsp3) is 0.538. The van der Waals surface area contributed by atoms with E-state index in [1.165, 1.54) is 0 Å². The number of aromatic hydroxyl groups is 1. The van der Waals surface area contributed by atoms with Gasteiger partial charge in [-0.15, -0.1) is 0 Å². The van der Waals surface area contributed by atoms with Crippen molar-refractivity contribution < 1.29 is 9.50 Å². The standard InChI is InChI=1S/C13H17FI2N2O/c14-2-1-12(18-5-3-17-4-6-18)10-7-9(15)8-11(16)13(10)19/h7-8,12,17,19H,1-6H2/t12-/m0/s1. The average molecular weight is 490 g/mol. The van der Waals surface area contributed by atoms with E-state index >= 15 is 0 Å². The molecule has 2 rings (SSSR count). The SMILES string of the molecule is Oc1c(I)cc(I)cc1[C@H](CCF)N1CCNCC1. The molecule has 6 heteroatoms. The first-order valence-corrected chi connectivity index (χ1v) is 8.48. The molecule has 0 bridgehead atoms. The average Bonchev–Trinajstić information content (AvgIpc) is 2.41. The molecule has 1 atom stereocenters. The fourth-order valence-corrected chi connectivity index (χ4v) is 4.36. The van der Waals surface area contributed by atoms with Crippen molar-refractivity contribution in [2.45, 2.75) is 12.5 Å². The first kappa shape index (κ1) is 15.7. The molecule has 1 aromatic carbocycles. The largest absolute Gasteiger partial charge is 0.506 e. The molecule has 2 N–H and O–H groups in total. The van der Waals surface area contributed by atoms with E-state index in [0.29, 0.717) is 12.2 Å².